The minimum Gasteiger partial charge on any atom is -0.303 e. The van der Waals surface area contributed by atoms with Gasteiger partial charge in [-0.25, -0.2) is 4.57 Å². The van der Waals surface area contributed by atoms with Gasteiger partial charge in [-0.3, -0.25) is 4.52 Å². The van der Waals surface area contributed by atoms with E-state index in [4.69, 9.17) is 14.3 Å². The van der Waals surface area contributed by atoms with Crippen LogP contribution in [0.4, 0.5) is 0 Å². The van der Waals surface area contributed by atoms with Crippen LogP contribution in [0.25, 0.3) is 0 Å². The van der Waals surface area contributed by atoms with Crippen LogP contribution in [0.15, 0.2) is 23.8 Å². The molecule has 3 atom stereocenters. The Morgan fingerprint density at radius 1 is 1.53 bits per heavy atom. The molecule has 3 unspecified atom stereocenters. The van der Waals surface area contributed by atoms with E-state index in [1.165, 1.54) is 5.57 Å². The summed E-state index contributed by atoms with van der Waals surface area (Å²) in [6.45, 7) is 8.06. The van der Waals surface area contributed by atoms with Crippen molar-refractivity contribution < 1.29 is 18.9 Å². The average Bonchev–Trinajstić information content (AvgIpc) is 2.23. The van der Waals surface area contributed by atoms with Crippen molar-refractivity contribution in [2.75, 3.05) is 0 Å². The lowest BCUT2D eigenvalue weighted by Crippen LogP contribution is -2.36. The molecule has 0 bridgehead atoms. The summed E-state index contributed by atoms with van der Waals surface area (Å²) in [5, 5.41) is 0. The molecule has 0 aromatic heterocycles. The molecule has 1 aliphatic rings. The van der Waals surface area contributed by atoms with Gasteiger partial charge in [0.15, 0.2) is 0 Å². The van der Waals surface area contributed by atoms with Crippen LogP contribution in [-0.2, 0) is 9.09 Å². The summed E-state index contributed by atoms with van der Waals surface area (Å²) in [4.78, 5) is 18.1. The first-order chi connectivity index (χ1) is 8.68. The molecule has 1 aliphatic carbocycles. The Hall–Kier alpha value is -0.410. The zero-order valence-electron chi connectivity index (χ0n) is 12.2. The Balaban J connectivity index is 2.80. The molecule has 0 aromatic carbocycles. The molecule has 0 saturated heterocycles. The third-order valence-electron chi connectivity index (χ3n) is 3.83. The van der Waals surface area contributed by atoms with Crippen molar-refractivity contribution in [3.8, 4) is 0 Å². The minimum absolute atomic E-state index is 0.0376. The Kier molecular flexibility index (Phi) is 5.57. The van der Waals surface area contributed by atoms with Crippen LogP contribution in [0.1, 0.15) is 47.0 Å². The van der Waals surface area contributed by atoms with Gasteiger partial charge < -0.3 is 9.79 Å². The second-order valence-corrected chi connectivity index (χ2v) is 6.85. The van der Waals surface area contributed by atoms with Crippen molar-refractivity contribution in [2.45, 2.75) is 52.6 Å². The summed E-state index contributed by atoms with van der Waals surface area (Å²) in [5.41, 5.74) is 0.258. The second kappa shape index (κ2) is 6.36. The van der Waals surface area contributed by atoms with Crippen LogP contribution in [0.3, 0.4) is 0 Å². The molecule has 0 heterocycles. The van der Waals surface area contributed by atoms with E-state index in [-0.39, 0.29) is 5.92 Å². The Morgan fingerprint density at radius 3 is 2.68 bits per heavy atom. The topological polar surface area (TPSA) is 66.8 Å². The highest BCUT2D eigenvalue weighted by Gasteiger charge is 2.39. The standard InChI is InChI=1S/C14H25O4P/c1-5-7-11(2)10-13-8-6-9-14(4,12(13)3)18-19(15,16)17/h6,8-9,11-12H,5,7,10H2,1-4H3,(H2,15,16,17). The quantitative estimate of drug-likeness (QED) is 0.729. The van der Waals surface area contributed by atoms with E-state index in [1.807, 2.05) is 19.1 Å². The van der Waals surface area contributed by atoms with Crippen molar-refractivity contribution >= 4 is 7.82 Å². The van der Waals surface area contributed by atoms with Gasteiger partial charge in [0.1, 0.15) is 5.60 Å². The van der Waals surface area contributed by atoms with Crippen LogP contribution < -0.4 is 0 Å². The van der Waals surface area contributed by atoms with Crippen LogP contribution in [0, 0.1) is 11.8 Å². The van der Waals surface area contributed by atoms with E-state index in [1.54, 1.807) is 13.0 Å². The number of phosphoric acid groups is 1. The van der Waals surface area contributed by atoms with E-state index in [0.717, 1.165) is 19.3 Å². The molecule has 110 valence electrons. The highest BCUT2D eigenvalue weighted by atomic mass is 31.2. The maximum absolute atomic E-state index is 11.1. The van der Waals surface area contributed by atoms with Crippen molar-refractivity contribution in [3.63, 3.8) is 0 Å². The fourth-order valence-electron chi connectivity index (χ4n) is 2.63. The number of hydrogen-bond acceptors (Lipinski definition) is 2. The molecule has 4 nitrogen and oxygen atoms in total. The molecule has 0 saturated carbocycles. The van der Waals surface area contributed by atoms with Crippen LogP contribution in [-0.4, -0.2) is 15.4 Å². The van der Waals surface area contributed by atoms with Crippen LogP contribution in [0.2, 0.25) is 0 Å². The summed E-state index contributed by atoms with van der Waals surface area (Å²) < 4.78 is 16.1. The molecule has 0 amide bonds. The molecule has 0 spiro atoms. The van der Waals surface area contributed by atoms with Gasteiger partial charge in [-0.15, -0.1) is 0 Å². The molecular weight excluding hydrogens is 263 g/mol. The van der Waals surface area contributed by atoms with Gasteiger partial charge in [0.25, 0.3) is 0 Å². The lowest BCUT2D eigenvalue weighted by Gasteiger charge is -2.37. The van der Waals surface area contributed by atoms with Crippen LogP contribution in [0.5, 0.6) is 0 Å². The second-order valence-electron chi connectivity index (χ2n) is 5.69. The summed E-state index contributed by atoms with van der Waals surface area (Å²) >= 11 is 0. The van der Waals surface area contributed by atoms with Gasteiger partial charge in [-0.05, 0) is 19.3 Å². The van der Waals surface area contributed by atoms with Crippen molar-refractivity contribution in [3.05, 3.63) is 23.8 Å². The Labute approximate surface area is 115 Å². The maximum Gasteiger partial charge on any atom is 0.470 e. The number of phosphoric ester groups is 1. The van der Waals surface area contributed by atoms with Gasteiger partial charge in [-0.1, -0.05) is 57.4 Å². The minimum atomic E-state index is -4.49. The Morgan fingerprint density at radius 2 is 2.16 bits per heavy atom. The van der Waals surface area contributed by atoms with E-state index in [9.17, 15) is 4.57 Å². The van der Waals surface area contributed by atoms with Gasteiger partial charge in [0.2, 0.25) is 0 Å². The van der Waals surface area contributed by atoms with Crippen LogP contribution >= 0.6 is 7.82 Å². The number of allylic oxidation sites excluding steroid dienone is 2. The lowest BCUT2D eigenvalue weighted by atomic mass is 9.77. The van der Waals surface area contributed by atoms with E-state index in [0.29, 0.717) is 5.92 Å². The van der Waals surface area contributed by atoms with Gasteiger partial charge in [0.05, 0.1) is 0 Å². The molecule has 2 N–H and O–H groups in total. The average molecular weight is 288 g/mol. The normalized spacial score (nSPS) is 29.2. The highest BCUT2D eigenvalue weighted by molar-refractivity contribution is 7.46. The zero-order chi connectivity index (χ0) is 14.7. The summed E-state index contributed by atoms with van der Waals surface area (Å²) in [6.07, 6.45) is 8.86. The molecular formula is C14H25O4P. The summed E-state index contributed by atoms with van der Waals surface area (Å²) in [6, 6.07) is 0. The molecule has 5 heteroatoms. The first kappa shape index (κ1) is 16.6. The molecule has 0 aliphatic heterocycles. The fraction of sp³-hybridized carbons (Fsp3) is 0.714. The SMILES string of the molecule is CCCC(C)CC1=CC=CC(C)(OP(=O)(O)O)C1C. The fourth-order valence-corrected chi connectivity index (χ4v) is 3.36. The van der Waals surface area contributed by atoms with E-state index >= 15 is 0 Å². The maximum atomic E-state index is 11.1. The van der Waals surface area contributed by atoms with Crippen molar-refractivity contribution in [2.24, 2.45) is 11.8 Å². The monoisotopic (exact) mass is 288 g/mol. The van der Waals surface area contributed by atoms with E-state index < -0.39 is 13.4 Å². The smallest absolute Gasteiger partial charge is 0.303 e. The predicted octanol–water partition coefficient (Wildman–Crippen LogP) is 3.81. The first-order valence-corrected chi connectivity index (χ1v) is 8.35. The van der Waals surface area contributed by atoms with Gasteiger partial charge in [-0.2, -0.15) is 0 Å². The molecule has 1 rings (SSSR count). The van der Waals surface area contributed by atoms with Gasteiger partial charge >= 0.3 is 7.82 Å². The third-order valence-corrected chi connectivity index (χ3v) is 4.47. The number of hydrogen-bond donors (Lipinski definition) is 2. The molecule has 0 radical (unpaired) electrons. The predicted molar refractivity (Wildman–Crippen MR) is 76.6 cm³/mol. The highest BCUT2D eigenvalue weighted by Crippen LogP contribution is 2.47. The first-order valence-electron chi connectivity index (χ1n) is 6.82. The largest absolute Gasteiger partial charge is 0.470 e. The van der Waals surface area contributed by atoms with Crippen molar-refractivity contribution in [1.82, 2.24) is 0 Å². The molecule has 0 aromatic rings. The molecule has 19 heavy (non-hydrogen) atoms. The lowest BCUT2D eigenvalue weighted by molar-refractivity contribution is 0.0541. The molecule has 0 fully saturated rings. The van der Waals surface area contributed by atoms with Gasteiger partial charge in [0, 0.05) is 5.92 Å². The summed E-state index contributed by atoms with van der Waals surface area (Å²) in [7, 11) is -4.49. The summed E-state index contributed by atoms with van der Waals surface area (Å²) in [5.74, 6) is 0.536. The zero-order valence-corrected chi connectivity index (χ0v) is 13.1. The van der Waals surface area contributed by atoms with E-state index in [2.05, 4.69) is 13.8 Å². The Bertz CT molecular complexity index is 410. The number of rotatable bonds is 6. The third kappa shape index (κ3) is 4.88. The van der Waals surface area contributed by atoms with Crippen molar-refractivity contribution in [1.29, 1.82) is 0 Å².